The molecule has 0 saturated carbocycles. The third kappa shape index (κ3) is 4.00. The number of carbonyl (C=O) groups excluding carboxylic acids is 3. The molecule has 1 aromatic carbocycles. The summed E-state index contributed by atoms with van der Waals surface area (Å²) in [5.74, 6) is -1.36. The molecule has 9 heteroatoms. The number of furan rings is 1. The van der Waals surface area contributed by atoms with Crippen molar-refractivity contribution in [3.8, 4) is 0 Å². The molecule has 2 aliphatic heterocycles. The van der Waals surface area contributed by atoms with Gasteiger partial charge in [0.05, 0.1) is 12.0 Å². The predicted octanol–water partition coefficient (Wildman–Crippen LogP) is 1.05. The average Bonchev–Trinajstić information content (AvgIpc) is 3.33. The molecule has 4 rings (SSSR count). The molecule has 2 aromatic rings. The normalized spacial score (nSPS) is 17.2. The van der Waals surface area contributed by atoms with Crippen LogP contribution in [0.5, 0.6) is 0 Å². The fourth-order valence-electron chi connectivity index (χ4n) is 3.80. The zero-order valence-corrected chi connectivity index (χ0v) is 16.5. The van der Waals surface area contributed by atoms with Gasteiger partial charge in [-0.3, -0.25) is 14.4 Å². The first-order valence-electron chi connectivity index (χ1n) is 9.95. The van der Waals surface area contributed by atoms with E-state index in [4.69, 9.17) is 4.42 Å². The van der Waals surface area contributed by atoms with Crippen molar-refractivity contribution in [1.29, 1.82) is 0 Å². The highest BCUT2D eigenvalue weighted by Crippen LogP contribution is 2.20. The number of hydrogen-bond donors (Lipinski definition) is 0. The summed E-state index contributed by atoms with van der Waals surface area (Å²) in [7, 11) is 0. The molecule has 158 valence electrons. The van der Waals surface area contributed by atoms with Gasteiger partial charge in [-0.1, -0.05) is 12.1 Å². The molecule has 0 radical (unpaired) electrons. The predicted molar refractivity (Wildman–Crippen MR) is 106 cm³/mol. The monoisotopic (exact) mass is 414 g/mol. The molecular weight excluding hydrogens is 391 g/mol. The van der Waals surface area contributed by atoms with E-state index in [2.05, 4.69) is 0 Å². The first kappa shape index (κ1) is 19.9. The lowest BCUT2D eigenvalue weighted by Crippen LogP contribution is -2.57. The van der Waals surface area contributed by atoms with Crippen LogP contribution >= 0.6 is 0 Å². The van der Waals surface area contributed by atoms with Gasteiger partial charge in [-0.2, -0.15) is 0 Å². The molecule has 0 aliphatic carbocycles. The lowest BCUT2D eigenvalue weighted by molar-refractivity contribution is -0.152. The minimum atomic E-state index is -0.556. The van der Waals surface area contributed by atoms with Crippen LogP contribution in [0.2, 0.25) is 0 Å². The van der Waals surface area contributed by atoms with Crippen molar-refractivity contribution in [3.05, 3.63) is 54.2 Å². The SMILES string of the molecule is O=C(C(=O)N1CCN(c2ccccc2F)CC1)N1CCN(C(=O)c2ccco2)CC1. The highest BCUT2D eigenvalue weighted by molar-refractivity contribution is 6.35. The van der Waals surface area contributed by atoms with Crippen LogP contribution in [-0.4, -0.2) is 84.8 Å². The summed E-state index contributed by atoms with van der Waals surface area (Å²) in [6, 6.07) is 9.78. The van der Waals surface area contributed by atoms with Crippen molar-refractivity contribution in [2.24, 2.45) is 0 Å². The molecule has 3 amide bonds. The van der Waals surface area contributed by atoms with Gasteiger partial charge in [0.2, 0.25) is 0 Å². The number of benzene rings is 1. The van der Waals surface area contributed by atoms with E-state index in [1.807, 2.05) is 4.90 Å². The van der Waals surface area contributed by atoms with Gasteiger partial charge < -0.3 is 24.0 Å². The summed E-state index contributed by atoms with van der Waals surface area (Å²) < 4.78 is 19.1. The van der Waals surface area contributed by atoms with E-state index in [0.717, 1.165) is 0 Å². The number of rotatable bonds is 2. The highest BCUT2D eigenvalue weighted by atomic mass is 19.1. The van der Waals surface area contributed by atoms with E-state index in [1.165, 1.54) is 22.1 Å². The molecule has 0 unspecified atom stereocenters. The van der Waals surface area contributed by atoms with Crippen molar-refractivity contribution < 1.29 is 23.2 Å². The van der Waals surface area contributed by atoms with E-state index in [0.29, 0.717) is 58.0 Å². The summed E-state index contributed by atoms with van der Waals surface area (Å²) in [5, 5.41) is 0. The Balaban J connectivity index is 1.28. The van der Waals surface area contributed by atoms with Crippen LogP contribution in [0.1, 0.15) is 10.6 Å². The minimum Gasteiger partial charge on any atom is -0.459 e. The van der Waals surface area contributed by atoms with Crippen molar-refractivity contribution in [3.63, 3.8) is 0 Å². The molecule has 2 saturated heterocycles. The van der Waals surface area contributed by atoms with Gasteiger partial charge >= 0.3 is 11.8 Å². The van der Waals surface area contributed by atoms with Crippen LogP contribution in [0, 0.1) is 5.82 Å². The highest BCUT2D eigenvalue weighted by Gasteiger charge is 2.33. The molecule has 0 N–H and O–H groups in total. The Morgan fingerprint density at radius 2 is 1.30 bits per heavy atom. The fraction of sp³-hybridized carbons (Fsp3) is 0.381. The number of carbonyl (C=O) groups is 3. The second-order valence-electron chi connectivity index (χ2n) is 7.29. The standard InChI is InChI=1S/C21H23FN4O4/c22-16-4-1-2-5-17(16)23-7-9-25(10-8-23)20(28)21(29)26-13-11-24(12-14-26)19(27)18-6-3-15-30-18/h1-6,15H,7-14H2. The summed E-state index contributed by atoms with van der Waals surface area (Å²) in [6.45, 7) is 2.93. The third-order valence-corrected chi connectivity index (χ3v) is 5.53. The van der Waals surface area contributed by atoms with E-state index < -0.39 is 11.8 Å². The van der Waals surface area contributed by atoms with Crippen LogP contribution in [0.3, 0.4) is 0 Å². The Labute approximate surface area is 173 Å². The maximum Gasteiger partial charge on any atom is 0.312 e. The summed E-state index contributed by atoms with van der Waals surface area (Å²) in [5.41, 5.74) is 0.508. The second kappa shape index (κ2) is 8.56. The van der Waals surface area contributed by atoms with Gasteiger partial charge in [0, 0.05) is 52.4 Å². The summed E-state index contributed by atoms with van der Waals surface area (Å²) in [4.78, 5) is 44.1. The van der Waals surface area contributed by atoms with Crippen molar-refractivity contribution in [2.45, 2.75) is 0 Å². The molecule has 30 heavy (non-hydrogen) atoms. The summed E-state index contributed by atoms with van der Waals surface area (Å²) >= 11 is 0. The smallest absolute Gasteiger partial charge is 0.312 e. The topological polar surface area (TPSA) is 77.3 Å². The number of nitrogens with zero attached hydrogens (tertiary/aromatic N) is 4. The lowest BCUT2D eigenvalue weighted by Gasteiger charge is -2.38. The first-order chi connectivity index (χ1) is 14.5. The van der Waals surface area contributed by atoms with Crippen molar-refractivity contribution in [1.82, 2.24) is 14.7 Å². The summed E-state index contributed by atoms with van der Waals surface area (Å²) in [6.07, 6.45) is 1.44. The van der Waals surface area contributed by atoms with Gasteiger partial charge in [-0.05, 0) is 24.3 Å². The van der Waals surface area contributed by atoms with E-state index in [9.17, 15) is 18.8 Å². The van der Waals surface area contributed by atoms with Gasteiger partial charge in [-0.25, -0.2) is 4.39 Å². The molecule has 0 spiro atoms. The molecular formula is C21H23FN4O4. The quantitative estimate of drug-likeness (QED) is 0.687. The molecule has 0 atom stereocenters. The Morgan fingerprint density at radius 3 is 1.87 bits per heavy atom. The molecule has 0 bridgehead atoms. The first-order valence-corrected chi connectivity index (χ1v) is 9.95. The van der Waals surface area contributed by atoms with Crippen molar-refractivity contribution >= 4 is 23.4 Å². The zero-order valence-electron chi connectivity index (χ0n) is 16.5. The Morgan fingerprint density at radius 1 is 0.733 bits per heavy atom. The lowest BCUT2D eigenvalue weighted by atomic mass is 10.2. The second-order valence-corrected chi connectivity index (χ2v) is 7.29. The Bertz CT molecular complexity index is 917. The minimum absolute atomic E-state index is 0.220. The number of hydrogen-bond acceptors (Lipinski definition) is 5. The van der Waals surface area contributed by atoms with Gasteiger partial charge in [0.15, 0.2) is 5.76 Å². The molecule has 2 fully saturated rings. The third-order valence-electron chi connectivity index (χ3n) is 5.53. The van der Waals surface area contributed by atoms with E-state index in [1.54, 1.807) is 35.2 Å². The maximum atomic E-state index is 14.0. The van der Waals surface area contributed by atoms with Crippen LogP contribution in [0.25, 0.3) is 0 Å². The van der Waals surface area contributed by atoms with Crippen LogP contribution < -0.4 is 4.90 Å². The van der Waals surface area contributed by atoms with Crippen molar-refractivity contribution in [2.75, 3.05) is 57.3 Å². The van der Waals surface area contributed by atoms with E-state index >= 15 is 0 Å². The Hall–Kier alpha value is -3.36. The zero-order chi connectivity index (χ0) is 21.1. The molecule has 1 aromatic heterocycles. The van der Waals surface area contributed by atoms with Gasteiger partial charge in [-0.15, -0.1) is 0 Å². The van der Waals surface area contributed by atoms with Crippen LogP contribution in [-0.2, 0) is 9.59 Å². The molecule has 8 nitrogen and oxygen atoms in total. The average molecular weight is 414 g/mol. The number of para-hydroxylation sites is 1. The van der Waals surface area contributed by atoms with E-state index in [-0.39, 0.29) is 17.5 Å². The molecule has 3 heterocycles. The van der Waals surface area contributed by atoms with Crippen LogP contribution in [0.15, 0.2) is 47.1 Å². The number of anilines is 1. The number of piperazine rings is 2. The maximum absolute atomic E-state index is 14.0. The molecule has 2 aliphatic rings. The number of amides is 3. The Kier molecular flexibility index (Phi) is 5.69. The van der Waals surface area contributed by atoms with Gasteiger partial charge in [0.1, 0.15) is 5.82 Å². The number of halogens is 1. The fourth-order valence-corrected chi connectivity index (χ4v) is 3.80. The van der Waals surface area contributed by atoms with Crippen LogP contribution in [0.4, 0.5) is 10.1 Å². The van der Waals surface area contributed by atoms with Gasteiger partial charge in [0.25, 0.3) is 5.91 Å². The largest absolute Gasteiger partial charge is 0.459 e.